The highest BCUT2D eigenvalue weighted by molar-refractivity contribution is 9.11. The van der Waals surface area contributed by atoms with Crippen molar-refractivity contribution in [1.82, 2.24) is 15.4 Å². The molecule has 0 aliphatic heterocycles. The first-order chi connectivity index (χ1) is 16.2. The van der Waals surface area contributed by atoms with Crippen LogP contribution in [0.15, 0.2) is 61.7 Å². The summed E-state index contributed by atoms with van der Waals surface area (Å²) in [6.07, 6.45) is 1.51. The number of aromatic nitrogens is 2. The number of non-ortho nitro benzene ring substituents is 1. The molecule has 9 nitrogen and oxygen atoms in total. The number of nitro benzene ring substituents is 1. The molecule has 0 spiro atoms. The molecule has 3 rings (SSSR count). The summed E-state index contributed by atoms with van der Waals surface area (Å²) < 4.78 is 7.14. The van der Waals surface area contributed by atoms with E-state index in [2.05, 4.69) is 52.4 Å². The molecule has 12 heteroatoms. The Hall–Kier alpha value is -2.83. The molecule has 1 N–H and O–H groups in total. The van der Waals surface area contributed by atoms with E-state index >= 15 is 0 Å². The van der Waals surface area contributed by atoms with Crippen LogP contribution in [-0.4, -0.2) is 32.8 Å². The van der Waals surface area contributed by atoms with Gasteiger partial charge in [-0.25, -0.2) is 15.4 Å². The van der Waals surface area contributed by atoms with Gasteiger partial charge in [0, 0.05) is 23.5 Å². The monoisotopic (exact) mass is 607 g/mol. The SMILES string of the molecule is Cc1cc(C)nc(SCC(=O)N/N=C\c2cc(Br)c(OCc3cccc([N+](=O)[O-])c3)c(Br)c2)n1. The standard InChI is InChI=1S/C22H19Br2N5O4S/c1-13-6-14(2)27-22(26-13)34-12-20(30)28-25-10-16-8-18(23)21(19(24)9-16)33-11-15-4-3-5-17(7-15)29(31)32/h3-10H,11-12H2,1-2H3,(H,28,30)/b25-10-. The maximum atomic E-state index is 12.1. The summed E-state index contributed by atoms with van der Waals surface area (Å²) in [6, 6.07) is 11.7. The first-order valence-electron chi connectivity index (χ1n) is 9.83. The molecule has 2 aromatic carbocycles. The van der Waals surface area contributed by atoms with Crippen molar-refractivity contribution >= 4 is 61.4 Å². The fraction of sp³-hybridized carbons (Fsp3) is 0.182. The summed E-state index contributed by atoms with van der Waals surface area (Å²) in [5, 5.41) is 15.5. The smallest absolute Gasteiger partial charge is 0.269 e. The third-order valence-electron chi connectivity index (χ3n) is 4.22. The van der Waals surface area contributed by atoms with Gasteiger partial charge < -0.3 is 4.74 Å². The van der Waals surface area contributed by atoms with Crippen molar-refractivity contribution in [1.29, 1.82) is 0 Å². The number of hydrogen-bond donors (Lipinski definition) is 1. The number of nitrogens with zero attached hydrogens (tertiary/aromatic N) is 4. The zero-order chi connectivity index (χ0) is 24.7. The molecule has 3 aromatic rings. The maximum absolute atomic E-state index is 12.1. The van der Waals surface area contributed by atoms with Gasteiger partial charge in [0.05, 0.1) is 25.8 Å². The molecule has 0 fully saturated rings. The summed E-state index contributed by atoms with van der Waals surface area (Å²) in [5.41, 5.74) is 5.57. The van der Waals surface area contributed by atoms with Gasteiger partial charge in [-0.2, -0.15) is 5.10 Å². The summed E-state index contributed by atoms with van der Waals surface area (Å²) in [7, 11) is 0. The van der Waals surface area contributed by atoms with Crippen molar-refractivity contribution in [2.45, 2.75) is 25.6 Å². The number of aryl methyl sites for hydroxylation is 2. The lowest BCUT2D eigenvalue weighted by molar-refractivity contribution is -0.384. The predicted molar refractivity (Wildman–Crippen MR) is 137 cm³/mol. The zero-order valence-electron chi connectivity index (χ0n) is 18.1. The minimum absolute atomic E-state index is 0.00719. The van der Waals surface area contributed by atoms with Crippen molar-refractivity contribution < 1.29 is 14.5 Å². The average Bonchev–Trinajstić information content (AvgIpc) is 2.77. The number of amides is 1. The van der Waals surface area contributed by atoms with Gasteiger partial charge in [0.2, 0.25) is 0 Å². The first-order valence-corrected chi connectivity index (χ1v) is 12.4. The number of nitrogens with one attached hydrogen (secondary N) is 1. The molecule has 1 amide bonds. The molecule has 0 aliphatic carbocycles. The van der Waals surface area contributed by atoms with E-state index in [0.717, 1.165) is 11.4 Å². The van der Waals surface area contributed by atoms with Crippen LogP contribution in [-0.2, 0) is 11.4 Å². The molecule has 0 unspecified atom stereocenters. The number of rotatable bonds is 9. The quantitative estimate of drug-likeness (QED) is 0.114. The predicted octanol–water partition coefficient (Wildman–Crippen LogP) is 5.35. The van der Waals surface area contributed by atoms with E-state index in [4.69, 9.17) is 4.74 Å². The number of benzene rings is 2. The first kappa shape index (κ1) is 25.8. The van der Waals surface area contributed by atoms with Gasteiger partial charge in [0.15, 0.2) is 5.16 Å². The lowest BCUT2D eigenvalue weighted by atomic mass is 10.2. The fourth-order valence-corrected chi connectivity index (χ4v) is 5.00. The summed E-state index contributed by atoms with van der Waals surface area (Å²) in [4.78, 5) is 31.1. The Kier molecular flexibility index (Phi) is 9.13. The third-order valence-corrected chi connectivity index (χ3v) is 6.25. The number of carbonyl (C=O) groups excluding carboxylic acids is 1. The Morgan fingerprint density at radius 2 is 1.85 bits per heavy atom. The van der Waals surface area contributed by atoms with Crippen LogP contribution in [0, 0.1) is 24.0 Å². The van der Waals surface area contributed by atoms with Gasteiger partial charge in [0.1, 0.15) is 12.4 Å². The van der Waals surface area contributed by atoms with E-state index in [0.29, 0.717) is 31.0 Å². The Morgan fingerprint density at radius 3 is 2.50 bits per heavy atom. The molecule has 0 saturated heterocycles. The van der Waals surface area contributed by atoms with Gasteiger partial charge >= 0.3 is 0 Å². The minimum atomic E-state index is -0.446. The normalized spacial score (nSPS) is 10.9. The molecule has 0 aliphatic rings. The number of thioether (sulfide) groups is 1. The molecule has 0 bridgehead atoms. The number of ether oxygens (including phenoxy) is 1. The van der Waals surface area contributed by atoms with Crippen LogP contribution in [0.2, 0.25) is 0 Å². The second kappa shape index (κ2) is 12.0. The summed E-state index contributed by atoms with van der Waals surface area (Å²) in [5.74, 6) is 0.398. The number of nitro groups is 1. The van der Waals surface area contributed by atoms with E-state index < -0.39 is 4.92 Å². The topological polar surface area (TPSA) is 120 Å². The van der Waals surface area contributed by atoms with E-state index in [1.807, 2.05) is 19.9 Å². The Bertz CT molecular complexity index is 1210. The third kappa shape index (κ3) is 7.61. The molecule has 1 aromatic heterocycles. The lowest BCUT2D eigenvalue weighted by Gasteiger charge is -2.11. The van der Waals surface area contributed by atoms with Gasteiger partial charge in [0.25, 0.3) is 11.6 Å². The number of hydrazone groups is 1. The molecule has 1 heterocycles. The molecule has 0 saturated carbocycles. The van der Waals surface area contributed by atoms with Crippen molar-refractivity contribution in [3.05, 3.63) is 84.0 Å². The van der Waals surface area contributed by atoms with E-state index in [1.54, 1.807) is 24.3 Å². The van der Waals surface area contributed by atoms with E-state index in [9.17, 15) is 14.9 Å². The number of carbonyl (C=O) groups is 1. The Balaban J connectivity index is 1.56. The highest BCUT2D eigenvalue weighted by Gasteiger charge is 2.11. The van der Waals surface area contributed by atoms with Crippen molar-refractivity contribution in [3.63, 3.8) is 0 Å². The van der Waals surface area contributed by atoms with Gasteiger partial charge in [-0.05, 0) is 75.0 Å². The largest absolute Gasteiger partial charge is 0.487 e. The van der Waals surface area contributed by atoms with Crippen molar-refractivity contribution in [3.8, 4) is 5.75 Å². The zero-order valence-corrected chi connectivity index (χ0v) is 22.1. The molecule has 0 atom stereocenters. The van der Waals surface area contributed by atoms with Crippen LogP contribution in [0.1, 0.15) is 22.5 Å². The Labute approximate surface area is 216 Å². The van der Waals surface area contributed by atoms with Crippen molar-refractivity contribution in [2.24, 2.45) is 5.10 Å². The lowest BCUT2D eigenvalue weighted by Crippen LogP contribution is -2.19. The molecular formula is C22H19Br2N5O4S. The van der Waals surface area contributed by atoms with Crippen LogP contribution in [0.25, 0.3) is 0 Å². The van der Waals surface area contributed by atoms with Crippen molar-refractivity contribution in [2.75, 3.05) is 5.75 Å². The highest BCUT2D eigenvalue weighted by Crippen LogP contribution is 2.35. The summed E-state index contributed by atoms with van der Waals surface area (Å²) >= 11 is 8.16. The Morgan fingerprint density at radius 1 is 1.18 bits per heavy atom. The number of hydrogen-bond acceptors (Lipinski definition) is 8. The van der Waals surface area contributed by atoms with Gasteiger partial charge in [-0.15, -0.1) is 0 Å². The molecule has 176 valence electrons. The van der Waals surface area contributed by atoms with Crippen LogP contribution in [0.4, 0.5) is 5.69 Å². The fourth-order valence-electron chi connectivity index (χ4n) is 2.81. The maximum Gasteiger partial charge on any atom is 0.269 e. The van der Waals surface area contributed by atoms with Gasteiger partial charge in [-0.1, -0.05) is 23.9 Å². The summed E-state index contributed by atoms with van der Waals surface area (Å²) in [6.45, 7) is 3.91. The second-order valence-electron chi connectivity index (χ2n) is 7.04. The molecule has 34 heavy (non-hydrogen) atoms. The van der Waals surface area contributed by atoms with Gasteiger partial charge in [-0.3, -0.25) is 14.9 Å². The van der Waals surface area contributed by atoms with Crippen LogP contribution in [0.5, 0.6) is 5.75 Å². The molecule has 0 radical (unpaired) electrons. The number of halogens is 2. The van der Waals surface area contributed by atoms with E-state index in [-0.39, 0.29) is 24.0 Å². The highest BCUT2D eigenvalue weighted by atomic mass is 79.9. The average molecular weight is 609 g/mol. The minimum Gasteiger partial charge on any atom is -0.487 e. The van der Waals surface area contributed by atoms with Crippen LogP contribution >= 0.6 is 43.6 Å². The van der Waals surface area contributed by atoms with Crippen LogP contribution < -0.4 is 10.2 Å². The van der Waals surface area contributed by atoms with E-state index in [1.165, 1.54) is 30.1 Å². The molecular weight excluding hydrogens is 590 g/mol. The second-order valence-corrected chi connectivity index (χ2v) is 9.70. The van der Waals surface area contributed by atoms with Crippen LogP contribution in [0.3, 0.4) is 0 Å².